The minimum atomic E-state index is 0.406. The van der Waals surface area contributed by atoms with E-state index in [-0.39, 0.29) is 0 Å². The third kappa shape index (κ3) is 2.78. The molecule has 3 rings (SSSR count). The summed E-state index contributed by atoms with van der Waals surface area (Å²) in [6.45, 7) is 4.29. The van der Waals surface area contributed by atoms with E-state index in [0.717, 1.165) is 13.2 Å². The molecule has 2 aliphatic rings. The molecule has 0 bridgehead atoms. The second-order valence-electron chi connectivity index (χ2n) is 5.26. The van der Waals surface area contributed by atoms with E-state index in [2.05, 4.69) is 34.5 Å². The number of anilines is 2. The first kappa shape index (κ1) is 11.8. The van der Waals surface area contributed by atoms with Crippen LogP contribution in [0.5, 0.6) is 0 Å². The first-order valence-corrected chi connectivity index (χ1v) is 7.12. The van der Waals surface area contributed by atoms with Gasteiger partial charge < -0.3 is 15.0 Å². The summed E-state index contributed by atoms with van der Waals surface area (Å²) >= 11 is 0. The van der Waals surface area contributed by atoms with Crippen LogP contribution in [0.3, 0.4) is 0 Å². The van der Waals surface area contributed by atoms with Crippen molar-refractivity contribution in [1.29, 1.82) is 0 Å². The summed E-state index contributed by atoms with van der Waals surface area (Å²) in [7, 11) is 0. The summed E-state index contributed by atoms with van der Waals surface area (Å²) in [5.41, 5.74) is 2.56. The van der Waals surface area contributed by atoms with Crippen LogP contribution >= 0.6 is 0 Å². The van der Waals surface area contributed by atoms with Gasteiger partial charge in [0.25, 0.3) is 0 Å². The van der Waals surface area contributed by atoms with E-state index in [9.17, 15) is 0 Å². The molecule has 0 spiro atoms. The van der Waals surface area contributed by atoms with Crippen molar-refractivity contribution in [3.05, 3.63) is 24.3 Å². The number of nitrogens with zero attached hydrogens (tertiary/aromatic N) is 1. The van der Waals surface area contributed by atoms with Crippen molar-refractivity contribution in [2.24, 2.45) is 0 Å². The summed E-state index contributed by atoms with van der Waals surface area (Å²) in [5.74, 6) is 0. The molecule has 1 aromatic rings. The number of nitrogens with one attached hydrogen (secondary N) is 1. The van der Waals surface area contributed by atoms with Crippen LogP contribution in [0.25, 0.3) is 0 Å². The van der Waals surface area contributed by atoms with Crippen molar-refractivity contribution in [3.8, 4) is 0 Å². The van der Waals surface area contributed by atoms with E-state index in [0.29, 0.717) is 6.10 Å². The minimum absolute atomic E-state index is 0.406. The van der Waals surface area contributed by atoms with Crippen LogP contribution in [0.2, 0.25) is 0 Å². The van der Waals surface area contributed by atoms with Gasteiger partial charge in [-0.1, -0.05) is 0 Å². The Hall–Kier alpha value is -1.22. The smallest absolute Gasteiger partial charge is 0.0748 e. The fourth-order valence-electron chi connectivity index (χ4n) is 2.80. The standard InChI is InChI=1S/C15H22N2O/c1-2-10-17(9-1)14-7-5-13(6-8-14)16-12-15-4-3-11-18-15/h5-8,15-16H,1-4,9-12H2. The third-order valence-corrected chi connectivity index (χ3v) is 3.90. The molecule has 0 saturated carbocycles. The monoisotopic (exact) mass is 246 g/mol. The number of ether oxygens (including phenoxy) is 1. The maximum Gasteiger partial charge on any atom is 0.0748 e. The number of rotatable bonds is 4. The van der Waals surface area contributed by atoms with Crippen LogP contribution in [-0.4, -0.2) is 32.3 Å². The molecule has 1 unspecified atom stereocenters. The van der Waals surface area contributed by atoms with Gasteiger partial charge >= 0.3 is 0 Å². The molecule has 2 heterocycles. The zero-order chi connectivity index (χ0) is 12.2. The van der Waals surface area contributed by atoms with Gasteiger partial charge in [-0.25, -0.2) is 0 Å². The molecule has 1 aromatic carbocycles. The van der Waals surface area contributed by atoms with Crippen LogP contribution < -0.4 is 10.2 Å². The Morgan fingerprint density at radius 3 is 2.56 bits per heavy atom. The Labute approximate surface area is 109 Å². The molecule has 98 valence electrons. The fraction of sp³-hybridized carbons (Fsp3) is 0.600. The van der Waals surface area contributed by atoms with E-state index < -0.39 is 0 Å². The van der Waals surface area contributed by atoms with Crippen molar-refractivity contribution < 1.29 is 4.74 Å². The van der Waals surface area contributed by atoms with Crippen molar-refractivity contribution in [3.63, 3.8) is 0 Å². The van der Waals surface area contributed by atoms with E-state index in [1.54, 1.807) is 0 Å². The number of benzene rings is 1. The molecular weight excluding hydrogens is 224 g/mol. The van der Waals surface area contributed by atoms with Crippen LogP contribution in [0.15, 0.2) is 24.3 Å². The van der Waals surface area contributed by atoms with Crippen LogP contribution in [0.1, 0.15) is 25.7 Å². The van der Waals surface area contributed by atoms with E-state index >= 15 is 0 Å². The highest BCUT2D eigenvalue weighted by Crippen LogP contribution is 2.22. The molecule has 1 atom stereocenters. The molecule has 1 N–H and O–H groups in total. The summed E-state index contributed by atoms with van der Waals surface area (Å²) in [6.07, 6.45) is 5.47. The maximum atomic E-state index is 5.61. The van der Waals surface area contributed by atoms with Gasteiger partial charge in [0, 0.05) is 37.6 Å². The molecule has 0 aliphatic carbocycles. The normalized spacial score (nSPS) is 23.6. The second-order valence-corrected chi connectivity index (χ2v) is 5.26. The van der Waals surface area contributed by atoms with Crippen molar-refractivity contribution >= 4 is 11.4 Å². The lowest BCUT2D eigenvalue weighted by Gasteiger charge is -2.18. The van der Waals surface area contributed by atoms with Gasteiger partial charge in [-0.2, -0.15) is 0 Å². The number of hydrogen-bond acceptors (Lipinski definition) is 3. The molecule has 3 heteroatoms. The summed E-state index contributed by atoms with van der Waals surface area (Å²) < 4.78 is 5.61. The Kier molecular flexibility index (Phi) is 3.69. The molecule has 2 aliphatic heterocycles. The highest BCUT2D eigenvalue weighted by molar-refractivity contribution is 5.55. The molecule has 0 amide bonds. The third-order valence-electron chi connectivity index (χ3n) is 3.90. The Morgan fingerprint density at radius 2 is 1.89 bits per heavy atom. The second kappa shape index (κ2) is 5.61. The Morgan fingerprint density at radius 1 is 1.11 bits per heavy atom. The van der Waals surface area contributed by atoms with Crippen molar-refractivity contribution in [2.45, 2.75) is 31.8 Å². The summed E-state index contributed by atoms with van der Waals surface area (Å²) in [4.78, 5) is 2.46. The van der Waals surface area contributed by atoms with Crippen LogP contribution in [0, 0.1) is 0 Å². The largest absolute Gasteiger partial charge is 0.382 e. The van der Waals surface area contributed by atoms with Crippen LogP contribution in [0.4, 0.5) is 11.4 Å². The zero-order valence-corrected chi connectivity index (χ0v) is 10.9. The molecular formula is C15H22N2O. The van der Waals surface area contributed by atoms with Gasteiger partial charge in [0.15, 0.2) is 0 Å². The maximum absolute atomic E-state index is 5.61. The SMILES string of the molecule is c1cc(N2CCCC2)ccc1NCC1CCCO1. The van der Waals surface area contributed by atoms with Crippen molar-refractivity contribution in [1.82, 2.24) is 0 Å². The van der Waals surface area contributed by atoms with Gasteiger partial charge in [0.2, 0.25) is 0 Å². The molecule has 18 heavy (non-hydrogen) atoms. The van der Waals surface area contributed by atoms with Crippen LogP contribution in [-0.2, 0) is 4.74 Å². The highest BCUT2D eigenvalue weighted by Gasteiger charge is 2.15. The molecule has 0 radical (unpaired) electrons. The van der Waals surface area contributed by atoms with Gasteiger partial charge in [-0.05, 0) is 49.9 Å². The quantitative estimate of drug-likeness (QED) is 0.884. The van der Waals surface area contributed by atoms with Gasteiger partial charge in [-0.15, -0.1) is 0 Å². The lowest BCUT2D eigenvalue weighted by atomic mass is 10.2. The molecule has 2 saturated heterocycles. The first-order valence-electron chi connectivity index (χ1n) is 7.12. The van der Waals surface area contributed by atoms with Gasteiger partial charge in [0.1, 0.15) is 0 Å². The zero-order valence-electron chi connectivity index (χ0n) is 10.9. The van der Waals surface area contributed by atoms with E-state index in [1.807, 2.05) is 0 Å². The molecule has 0 aromatic heterocycles. The molecule has 2 fully saturated rings. The lowest BCUT2D eigenvalue weighted by Crippen LogP contribution is -2.19. The predicted octanol–water partition coefficient (Wildman–Crippen LogP) is 2.88. The van der Waals surface area contributed by atoms with E-state index in [1.165, 1.54) is 50.1 Å². The average Bonchev–Trinajstić information content (AvgIpc) is 3.10. The Balaban J connectivity index is 1.53. The predicted molar refractivity (Wildman–Crippen MR) is 75.4 cm³/mol. The Bertz CT molecular complexity index is 365. The molecule has 3 nitrogen and oxygen atoms in total. The number of hydrogen-bond donors (Lipinski definition) is 1. The highest BCUT2D eigenvalue weighted by atomic mass is 16.5. The topological polar surface area (TPSA) is 24.5 Å². The van der Waals surface area contributed by atoms with Gasteiger partial charge in [0.05, 0.1) is 6.10 Å². The summed E-state index contributed by atoms with van der Waals surface area (Å²) in [6, 6.07) is 8.82. The summed E-state index contributed by atoms with van der Waals surface area (Å²) in [5, 5.41) is 3.46. The van der Waals surface area contributed by atoms with E-state index in [4.69, 9.17) is 4.74 Å². The fourth-order valence-corrected chi connectivity index (χ4v) is 2.80. The minimum Gasteiger partial charge on any atom is -0.382 e. The van der Waals surface area contributed by atoms with Crippen molar-refractivity contribution in [2.75, 3.05) is 36.5 Å². The van der Waals surface area contributed by atoms with Gasteiger partial charge in [-0.3, -0.25) is 0 Å². The average molecular weight is 246 g/mol. The first-order chi connectivity index (χ1) is 8.92. The lowest BCUT2D eigenvalue weighted by molar-refractivity contribution is 0.120.